The van der Waals surface area contributed by atoms with Gasteiger partial charge >= 0.3 is 0 Å². The van der Waals surface area contributed by atoms with Crippen molar-refractivity contribution in [2.45, 2.75) is 16.5 Å². The number of rotatable bonds is 7. The first-order chi connectivity index (χ1) is 15.0. The number of sulfone groups is 1. The molecule has 0 aliphatic carbocycles. The Morgan fingerprint density at radius 3 is 2.42 bits per heavy atom. The van der Waals surface area contributed by atoms with Gasteiger partial charge in [-0.2, -0.15) is 4.98 Å². The molecule has 0 saturated heterocycles. The van der Waals surface area contributed by atoms with Gasteiger partial charge in [-0.25, -0.2) is 8.42 Å². The molecule has 31 heavy (non-hydrogen) atoms. The summed E-state index contributed by atoms with van der Waals surface area (Å²) >= 11 is 6.08. The lowest BCUT2D eigenvalue weighted by Gasteiger charge is -2.07. The van der Waals surface area contributed by atoms with Crippen LogP contribution in [-0.2, 0) is 16.4 Å². The van der Waals surface area contributed by atoms with Crippen LogP contribution in [-0.4, -0.2) is 20.5 Å². The Bertz CT molecular complexity index is 1290. The van der Waals surface area contributed by atoms with Gasteiger partial charge in [-0.15, -0.1) is 0 Å². The Kier molecular flexibility index (Phi) is 5.97. The van der Waals surface area contributed by atoms with Gasteiger partial charge in [-0.3, -0.25) is 0 Å². The summed E-state index contributed by atoms with van der Waals surface area (Å²) in [4.78, 5) is 4.40. The predicted molar refractivity (Wildman–Crippen MR) is 119 cm³/mol. The van der Waals surface area contributed by atoms with E-state index in [1.165, 1.54) is 19.2 Å². The van der Waals surface area contributed by atoms with Crippen molar-refractivity contribution >= 4 is 27.3 Å². The number of benzene rings is 3. The highest BCUT2D eigenvalue weighted by Crippen LogP contribution is 2.33. The Morgan fingerprint density at radius 1 is 1.00 bits per heavy atom. The van der Waals surface area contributed by atoms with Crippen LogP contribution in [0, 0.1) is 0 Å². The Labute approximate surface area is 185 Å². The molecule has 0 unspecified atom stereocenters. The molecular formula is C23H19ClN2O4S. The molecule has 3 aromatic carbocycles. The number of anilines is 1. The van der Waals surface area contributed by atoms with Crippen LogP contribution in [0.2, 0.25) is 5.02 Å². The molecule has 0 fully saturated rings. The molecule has 4 rings (SSSR count). The van der Waals surface area contributed by atoms with Crippen LogP contribution in [0.1, 0.15) is 5.56 Å². The van der Waals surface area contributed by atoms with E-state index in [9.17, 15) is 8.42 Å². The molecule has 8 heteroatoms. The SMILES string of the molecule is COc1ccc(S(=O)(=O)c2nc(-c3cccc(Cl)c3)oc2NCc2ccccc2)cc1. The largest absolute Gasteiger partial charge is 0.497 e. The number of hydrogen-bond donors (Lipinski definition) is 1. The van der Waals surface area contributed by atoms with E-state index in [-0.39, 0.29) is 21.7 Å². The molecule has 1 aromatic heterocycles. The first-order valence-electron chi connectivity index (χ1n) is 9.41. The average molecular weight is 455 g/mol. The summed E-state index contributed by atoms with van der Waals surface area (Å²) in [5.74, 6) is 0.779. The number of hydrogen-bond acceptors (Lipinski definition) is 6. The van der Waals surface area contributed by atoms with E-state index in [0.29, 0.717) is 22.9 Å². The number of ether oxygens (including phenoxy) is 1. The highest BCUT2D eigenvalue weighted by atomic mass is 35.5. The fourth-order valence-electron chi connectivity index (χ4n) is 2.99. The van der Waals surface area contributed by atoms with Gasteiger partial charge in [0.2, 0.25) is 26.6 Å². The Hall–Kier alpha value is -3.29. The van der Waals surface area contributed by atoms with Gasteiger partial charge in [0, 0.05) is 17.1 Å². The van der Waals surface area contributed by atoms with Gasteiger partial charge in [0.1, 0.15) is 5.75 Å². The van der Waals surface area contributed by atoms with Gasteiger partial charge in [0.15, 0.2) is 0 Å². The van der Waals surface area contributed by atoms with Crippen molar-refractivity contribution in [1.82, 2.24) is 4.98 Å². The second kappa shape index (κ2) is 8.83. The van der Waals surface area contributed by atoms with E-state index in [1.807, 2.05) is 30.3 Å². The normalized spacial score (nSPS) is 11.3. The molecule has 6 nitrogen and oxygen atoms in total. The van der Waals surface area contributed by atoms with Crippen LogP contribution < -0.4 is 10.1 Å². The third-order valence-electron chi connectivity index (χ3n) is 4.59. The molecule has 0 radical (unpaired) electrons. The molecular weight excluding hydrogens is 436 g/mol. The third-order valence-corrected chi connectivity index (χ3v) is 6.50. The number of nitrogens with zero attached hydrogens (tertiary/aromatic N) is 1. The second-order valence-corrected chi connectivity index (χ2v) is 8.98. The minimum atomic E-state index is -3.95. The monoisotopic (exact) mass is 454 g/mol. The molecule has 0 amide bonds. The molecule has 4 aromatic rings. The van der Waals surface area contributed by atoms with Crippen molar-refractivity contribution in [3.05, 3.63) is 89.4 Å². The summed E-state index contributed by atoms with van der Waals surface area (Å²) < 4.78 is 37.7. The lowest BCUT2D eigenvalue weighted by atomic mass is 10.2. The van der Waals surface area contributed by atoms with Gasteiger partial charge < -0.3 is 14.5 Å². The van der Waals surface area contributed by atoms with Crippen molar-refractivity contribution in [2.75, 3.05) is 12.4 Å². The van der Waals surface area contributed by atoms with Crippen LogP contribution in [0.3, 0.4) is 0 Å². The van der Waals surface area contributed by atoms with E-state index in [0.717, 1.165) is 5.56 Å². The average Bonchev–Trinajstić information content (AvgIpc) is 3.24. The first-order valence-corrected chi connectivity index (χ1v) is 11.3. The Morgan fingerprint density at radius 2 is 1.74 bits per heavy atom. The summed E-state index contributed by atoms with van der Waals surface area (Å²) in [5.41, 5.74) is 1.54. The van der Waals surface area contributed by atoms with Crippen LogP contribution in [0.25, 0.3) is 11.5 Å². The number of aromatic nitrogens is 1. The summed E-state index contributed by atoms with van der Waals surface area (Å²) in [6, 6.07) is 22.6. The van der Waals surface area contributed by atoms with E-state index >= 15 is 0 Å². The zero-order valence-electron chi connectivity index (χ0n) is 16.6. The van der Waals surface area contributed by atoms with Crippen LogP contribution >= 0.6 is 11.6 Å². The highest BCUT2D eigenvalue weighted by Gasteiger charge is 2.28. The number of nitrogens with one attached hydrogen (secondary N) is 1. The first kappa shape index (κ1) is 21.0. The van der Waals surface area contributed by atoms with Gasteiger partial charge in [-0.1, -0.05) is 48.0 Å². The molecule has 0 spiro atoms. The maximum atomic E-state index is 13.3. The van der Waals surface area contributed by atoms with E-state index in [2.05, 4.69) is 10.3 Å². The summed E-state index contributed by atoms with van der Waals surface area (Å²) in [5, 5.41) is 3.37. The van der Waals surface area contributed by atoms with Crippen molar-refractivity contribution in [3.8, 4) is 17.2 Å². The van der Waals surface area contributed by atoms with E-state index < -0.39 is 9.84 Å². The number of halogens is 1. The standard InChI is InChI=1S/C23H19ClN2O4S/c1-29-19-10-12-20(13-11-19)31(27,28)23-22(25-15-16-6-3-2-4-7-16)30-21(26-23)17-8-5-9-18(24)14-17/h2-14,25H,15H2,1H3. The summed E-state index contributed by atoms with van der Waals surface area (Å²) in [6.45, 7) is 0.371. The molecule has 0 saturated carbocycles. The fraction of sp³-hybridized carbons (Fsp3) is 0.0870. The molecule has 1 N–H and O–H groups in total. The van der Waals surface area contributed by atoms with Crippen molar-refractivity contribution < 1.29 is 17.6 Å². The summed E-state index contributed by atoms with van der Waals surface area (Å²) in [6.07, 6.45) is 0. The minimum absolute atomic E-state index is 0.0645. The molecule has 1 heterocycles. The zero-order valence-corrected chi connectivity index (χ0v) is 18.2. The van der Waals surface area contributed by atoms with Crippen molar-refractivity contribution in [3.63, 3.8) is 0 Å². The van der Waals surface area contributed by atoms with Gasteiger partial charge in [-0.05, 0) is 48.0 Å². The maximum Gasteiger partial charge on any atom is 0.234 e. The minimum Gasteiger partial charge on any atom is -0.497 e. The molecule has 0 aliphatic rings. The molecule has 0 bridgehead atoms. The maximum absolute atomic E-state index is 13.3. The zero-order chi connectivity index (χ0) is 21.8. The Balaban J connectivity index is 1.76. The lowest BCUT2D eigenvalue weighted by Crippen LogP contribution is -2.07. The van der Waals surface area contributed by atoms with Crippen LogP contribution in [0.15, 0.2) is 93.2 Å². The molecule has 0 atom stereocenters. The van der Waals surface area contributed by atoms with Crippen LogP contribution in [0.4, 0.5) is 5.88 Å². The van der Waals surface area contributed by atoms with Crippen molar-refractivity contribution in [2.24, 2.45) is 0 Å². The van der Waals surface area contributed by atoms with Gasteiger partial charge in [0.25, 0.3) is 0 Å². The van der Waals surface area contributed by atoms with Crippen molar-refractivity contribution in [1.29, 1.82) is 0 Å². The quantitative estimate of drug-likeness (QED) is 0.400. The van der Waals surface area contributed by atoms with E-state index in [4.69, 9.17) is 20.8 Å². The number of oxazole rings is 1. The third kappa shape index (κ3) is 4.57. The topological polar surface area (TPSA) is 81.4 Å². The predicted octanol–water partition coefficient (Wildman–Crippen LogP) is 5.45. The number of methoxy groups -OCH3 is 1. The highest BCUT2D eigenvalue weighted by molar-refractivity contribution is 7.91. The molecule has 0 aliphatic heterocycles. The summed E-state index contributed by atoms with van der Waals surface area (Å²) in [7, 11) is -2.43. The van der Waals surface area contributed by atoms with Gasteiger partial charge in [0.05, 0.1) is 12.0 Å². The molecule has 158 valence electrons. The second-order valence-electron chi connectivity index (χ2n) is 6.68. The van der Waals surface area contributed by atoms with E-state index in [1.54, 1.807) is 36.4 Å². The van der Waals surface area contributed by atoms with Crippen LogP contribution in [0.5, 0.6) is 5.75 Å². The smallest absolute Gasteiger partial charge is 0.234 e. The lowest BCUT2D eigenvalue weighted by molar-refractivity contribution is 0.414. The fourth-order valence-corrected chi connectivity index (χ4v) is 4.46.